The summed E-state index contributed by atoms with van der Waals surface area (Å²) in [6.07, 6.45) is 0.122. The lowest BCUT2D eigenvalue weighted by Crippen LogP contribution is -2.42. The number of carbonyl (C=O) groups excluding carboxylic acids is 3. The van der Waals surface area contributed by atoms with Gasteiger partial charge in [-0.3, -0.25) is 24.6 Å². The highest BCUT2D eigenvalue weighted by Crippen LogP contribution is 2.44. The highest BCUT2D eigenvalue weighted by molar-refractivity contribution is 8.19. The third-order valence-corrected chi connectivity index (χ3v) is 10.7. The average molecular weight is 926 g/mol. The number of aromatic nitrogens is 3. The summed E-state index contributed by atoms with van der Waals surface area (Å²) < 4.78 is 60.5. The molecule has 23 heteroatoms. The maximum absolute atomic E-state index is 13.5. The highest BCUT2D eigenvalue weighted by Gasteiger charge is 2.38. The fourth-order valence-corrected chi connectivity index (χ4v) is 7.23. The summed E-state index contributed by atoms with van der Waals surface area (Å²) in [7, 11) is -2.22. The van der Waals surface area contributed by atoms with E-state index in [2.05, 4.69) is 36.1 Å². The van der Waals surface area contributed by atoms with Gasteiger partial charge < -0.3 is 49.3 Å². The molecule has 19 nitrogen and oxygen atoms in total. The minimum atomic E-state index is -5.08. The number of carboxylic acids is 2. The first-order valence-electron chi connectivity index (χ1n) is 19.8. The number of aliphatic carboxylic acids is 2. The van der Waals surface area contributed by atoms with Crippen LogP contribution in [-0.2, 0) is 27.5 Å². The number of hydrazone groups is 1. The molecule has 6 rings (SSSR count). The molecule has 3 aromatic carbocycles. The van der Waals surface area contributed by atoms with E-state index in [0.29, 0.717) is 65.5 Å². The van der Waals surface area contributed by atoms with Crippen molar-refractivity contribution in [2.24, 2.45) is 5.10 Å². The summed E-state index contributed by atoms with van der Waals surface area (Å²) in [5, 5.41) is 26.7. The fraction of sp³-hybridized carbons (Fsp3) is 0.286. The molecule has 0 radical (unpaired) electrons. The van der Waals surface area contributed by atoms with Crippen molar-refractivity contribution in [2.45, 2.75) is 62.3 Å². The number of amides is 3. The minimum Gasteiger partial charge on any atom is -0.481 e. The number of unbranched alkanes of at least 4 members (excludes halogenated alkanes) is 3. The van der Waals surface area contributed by atoms with E-state index in [-0.39, 0.29) is 35.7 Å². The van der Waals surface area contributed by atoms with Gasteiger partial charge in [0.2, 0.25) is 5.91 Å². The van der Waals surface area contributed by atoms with E-state index in [9.17, 15) is 51.1 Å². The van der Waals surface area contributed by atoms with Crippen molar-refractivity contribution < 1.29 is 61.0 Å². The smallest absolute Gasteiger partial charge is 0.481 e. The Morgan fingerprint density at radius 3 is 2.32 bits per heavy atom. The van der Waals surface area contributed by atoms with E-state index >= 15 is 0 Å². The van der Waals surface area contributed by atoms with Crippen LogP contribution in [0, 0.1) is 0 Å². The predicted molar refractivity (Wildman–Crippen MR) is 234 cm³/mol. The zero-order valence-corrected chi connectivity index (χ0v) is 35.5. The van der Waals surface area contributed by atoms with Gasteiger partial charge in [-0.05, 0) is 66.9 Å². The first-order chi connectivity index (χ1) is 30.8. The van der Waals surface area contributed by atoms with Crippen molar-refractivity contribution >= 4 is 69.3 Å². The number of H-pyrrole nitrogens is 1. The molecule has 346 valence electrons. The van der Waals surface area contributed by atoms with Gasteiger partial charge in [-0.1, -0.05) is 43.2 Å². The van der Waals surface area contributed by atoms with Crippen molar-refractivity contribution in [1.29, 1.82) is 0 Å². The number of alkyl halides is 3. The number of fused-ring (bicyclic) bond motifs is 2. The van der Waals surface area contributed by atoms with Crippen LogP contribution in [0.2, 0.25) is 0 Å². The third kappa shape index (κ3) is 14.2. The Morgan fingerprint density at radius 1 is 0.954 bits per heavy atom. The summed E-state index contributed by atoms with van der Waals surface area (Å²) in [4.78, 5) is 75.4. The number of hydrogen-bond acceptors (Lipinski definition) is 13. The first-order valence-corrected chi connectivity index (χ1v) is 21.3. The van der Waals surface area contributed by atoms with Gasteiger partial charge in [0.1, 0.15) is 28.6 Å². The van der Waals surface area contributed by atoms with Gasteiger partial charge in [-0.25, -0.2) is 14.8 Å². The van der Waals surface area contributed by atoms with E-state index in [1.54, 1.807) is 65.4 Å². The number of hydrogen-bond donors (Lipinski definition) is 9. The molecular weight excluding hydrogens is 880 g/mol. The second-order valence-corrected chi connectivity index (χ2v) is 16.1. The van der Waals surface area contributed by atoms with E-state index < -0.39 is 41.4 Å². The minimum absolute atomic E-state index is 0.0622. The molecular formula is C42H46F3N9O10S. The van der Waals surface area contributed by atoms with Crippen LogP contribution >= 0.6 is 10.9 Å². The van der Waals surface area contributed by atoms with Crippen LogP contribution in [0.15, 0.2) is 95.1 Å². The lowest BCUT2D eigenvalue weighted by atomic mass is 10.1. The van der Waals surface area contributed by atoms with Crippen molar-refractivity contribution in [3.8, 4) is 0 Å². The molecule has 0 saturated carbocycles. The number of para-hydroxylation sites is 2. The SMILES string of the molecule is CN(Cc1nc2ccccc2[nH]1)C(=O)c1ccc2c(c1)CN(CCCCCCNC(=O)c1ccc(N/N=C/c3ccccc3S(O)(O)O)nc1)C(=O)C(CC(=O)O)N2.O=C(O)C(F)(F)F. The number of aromatic amines is 1. The number of pyridine rings is 1. The van der Waals surface area contributed by atoms with Gasteiger partial charge in [0.15, 0.2) is 0 Å². The standard InChI is InChI=1S/C40H45N9O8S.C2HF3O2/c1-48(25-36-45-31-11-5-6-12-32(31)46-36)39(53)26-14-16-30-29(20-26)24-49(40(54)33(44-30)21-37(50)51)19-9-3-2-8-18-41-38(52)28-15-17-35(42-22-28)47-43-23-27-10-4-7-13-34(27)58(55,56)57;3-2(4,5)1(6)7/h4-7,10-17,20,22-23,33,44,55-57H,2-3,8-9,18-19,21,24-25H2,1H3,(H,41,52)(H,42,47)(H,45,46)(H,50,51);(H,6,7)/b43-23+;. The van der Waals surface area contributed by atoms with E-state index in [1.165, 1.54) is 18.5 Å². The monoisotopic (exact) mass is 925 g/mol. The van der Waals surface area contributed by atoms with E-state index in [4.69, 9.17) is 9.90 Å². The number of carboxylic acid groups (broad SMARTS) is 2. The lowest BCUT2D eigenvalue weighted by molar-refractivity contribution is -0.192. The van der Waals surface area contributed by atoms with Crippen LogP contribution in [-0.4, -0.2) is 117 Å². The van der Waals surface area contributed by atoms with Crippen LogP contribution in [0.3, 0.4) is 0 Å². The zero-order valence-electron chi connectivity index (χ0n) is 34.7. The number of benzene rings is 3. The van der Waals surface area contributed by atoms with Gasteiger partial charge in [0.05, 0.1) is 40.7 Å². The average Bonchev–Trinajstić information content (AvgIpc) is 3.62. The van der Waals surface area contributed by atoms with Crippen LogP contribution < -0.4 is 16.1 Å². The Kier molecular flexibility index (Phi) is 16.6. The van der Waals surface area contributed by atoms with Gasteiger partial charge >= 0.3 is 18.1 Å². The molecule has 9 N–H and O–H groups in total. The molecule has 65 heavy (non-hydrogen) atoms. The molecule has 0 spiro atoms. The van der Waals surface area contributed by atoms with Crippen LogP contribution in [0.1, 0.15) is 69.8 Å². The fourth-order valence-electron chi connectivity index (χ4n) is 6.54. The Balaban J connectivity index is 0.00000105. The number of halogens is 3. The van der Waals surface area contributed by atoms with Crippen molar-refractivity contribution in [3.63, 3.8) is 0 Å². The first kappa shape index (κ1) is 48.9. The summed E-state index contributed by atoms with van der Waals surface area (Å²) in [5.41, 5.74) is 6.80. The molecule has 1 atom stereocenters. The van der Waals surface area contributed by atoms with Gasteiger partial charge in [-0.15, -0.1) is 0 Å². The number of nitrogens with one attached hydrogen (secondary N) is 4. The summed E-state index contributed by atoms with van der Waals surface area (Å²) in [5.74, 6) is -3.71. The summed E-state index contributed by atoms with van der Waals surface area (Å²) in [6.45, 7) is 1.29. The second kappa shape index (κ2) is 22.0. The Morgan fingerprint density at radius 2 is 1.65 bits per heavy atom. The molecule has 1 unspecified atom stereocenters. The zero-order chi connectivity index (χ0) is 47.3. The number of nitrogens with zero attached hydrogens (tertiary/aromatic N) is 5. The number of rotatable bonds is 17. The lowest BCUT2D eigenvalue weighted by Gasteiger charge is -2.24. The van der Waals surface area contributed by atoms with E-state index in [0.717, 1.165) is 23.9 Å². The quantitative estimate of drug-likeness (QED) is 0.0274. The highest BCUT2D eigenvalue weighted by atomic mass is 32.3. The number of anilines is 2. The Hall–Kier alpha value is -7.08. The molecule has 0 saturated heterocycles. The van der Waals surface area contributed by atoms with Gasteiger partial charge in [-0.2, -0.15) is 18.3 Å². The van der Waals surface area contributed by atoms with Crippen molar-refractivity contribution in [2.75, 3.05) is 30.9 Å². The topological polar surface area (TPSA) is 283 Å². The predicted octanol–water partition coefficient (Wildman–Crippen LogP) is 6.48. The molecule has 2 aromatic heterocycles. The molecule has 1 aliphatic heterocycles. The van der Waals surface area contributed by atoms with Gasteiger partial charge in [0.25, 0.3) is 11.8 Å². The normalized spacial score (nSPS) is 14.1. The maximum Gasteiger partial charge on any atom is 0.490 e. The summed E-state index contributed by atoms with van der Waals surface area (Å²) in [6, 6.07) is 21.1. The Labute approximate surface area is 370 Å². The van der Waals surface area contributed by atoms with Crippen LogP contribution in [0.25, 0.3) is 11.0 Å². The van der Waals surface area contributed by atoms with Crippen molar-refractivity contribution in [1.82, 2.24) is 30.1 Å². The number of carbonyl (C=O) groups is 5. The Bertz CT molecular complexity index is 2480. The van der Waals surface area contributed by atoms with Crippen LogP contribution in [0.5, 0.6) is 0 Å². The molecule has 5 aromatic rings. The van der Waals surface area contributed by atoms with Crippen molar-refractivity contribution in [3.05, 3.63) is 113 Å². The maximum atomic E-state index is 13.5. The molecule has 0 fully saturated rings. The molecule has 0 bridgehead atoms. The van der Waals surface area contributed by atoms with Gasteiger partial charge in [0, 0.05) is 49.7 Å². The number of imidazole rings is 1. The van der Waals surface area contributed by atoms with Crippen LogP contribution in [0.4, 0.5) is 24.7 Å². The molecule has 1 aliphatic rings. The molecule has 3 amide bonds. The largest absolute Gasteiger partial charge is 0.490 e. The van der Waals surface area contributed by atoms with E-state index in [1.807, 2.05) is 24.3 Å². The molecule has 3 heterocycles. The summed E-state index contributed by atoms with van der Waals surface area (Å²) >= 11 is 0. The second-order valence-electron chi connectivity index (χ2n) is 14.6. The third-order valence-electron chi connectivity index (χ3n) is 9.71. The molecule has 0 aliphatic carbocycles.